The highest BCUT2D eigenvalue weighted by Crippen LogP contribution is 2.35. The summed E-state index contributed by atoms with van der Waals surface area (Å²) in [7, 11) is 0. The van der Waals surface area contributed by atoms with Crippen LogP contribution < -0.4 is 4.90 Å². The van der Waals surface area contributed by atoms with Crippen molar-refractivity contribution in [2.24, 2.45) is 0 Å². The number of nitro groups is 1. The standard InChI is InChI=1S/C14H11N3O2/c18-17(19)13-8-3-9-15-14(13)16-10-4-6-11-5-1-2-7-12(11)16/h1-9H,10H2. The number of rotatable bonds is 2. The first-order valence-electron chi connectivity index (χ1n) is 5.90. The molecule has 0 aliphatic carbocycles. The maximum Gasteiger partial charge on any atom is 0.311 e. The summed E-state index contributed by atoms with van der Waals surface area (Å²) < 4.78 is 0. The van der Waals surface area contributed by atoms with Gasteiger partial charge in [-0.25, -0.2) is 4.98 Å². The molecule has 0 saturated heterocycles. The lowest BCUT2D eigenvalue weighted by Crippen LogP contribution is -2.22. The molecule has 0 bridgehead atoms. The number of hydrogen-bond acceptors (Lipinski definition) is 4. The van der Waals surface area contributed by atoms with Crippen molar-refractivity contribution in [3.05, 3.63) is 64.3 Å². The maximum absolute atomic E-state index is 11.1. The van der Waals surface area contributed by atoms with Gasteiger partial charge >= 0.3 is 5.69 Å². The molecular formula is C14H11N3O2. The molecule has 0 unspecified atom stereocenters. The molecule has 3 rings (SSSR count). The molecule has 0 atom stereocenters. The van der Waals surface area contributed by atoms with E-state index in [9.17, 15) is 10.1 Å². The third-order valence-electron chi connectivity index (χ3n) is 3.03. The third kappa shape index (κ3) is 1.95. The molecule has 1 aromatic heterocycles. The van der Waals surface area contributed by atoms with Gasteiger partial charge in [0.1, 0.15) is 0 Å². The Morgan fingerprint density at radius 2 is 2.05 bits per heavy atom. The fraction of sp³-hybridized carbons (Fsp3) is 0.0714. The van der Waals surface area contributed by atoms with Gasteiger partial charge in [0.15, 0.2) is 0 Å². The summed E-state index contributed by atoms with van der Waals surface area (Å²) in [5.74, 6) is 0.379. The van der Waals surface area contributed by atoms with Gasteiger partial charge in [-0.05, 0) is 17.7 Å². The molecule has 5 heteroatoms. The first-order chi connectivity index (χ1) is 9.27. The van der Waals surface area contributed by atoms with Crippen LogP contribution in [0.3, 0.4) is 0 Å². The number of fused-ring (bicyclic) bond motifs is 1. The van der Waals surface area contributed by atoms with Crippen LogP contribution in [0.25, 0.3) is 6.08 Å². The smallest absolute Gasteiger partial charge is 0.311 e. The van der Waals surface area contributed by atoms with Gasteiger partial charge in [-0.15, -0.1) is 0 Å². The van der Waals surface area contributed by atoms with Crippen LogP contribution in [0.15, 0.2) is 48.7 Å². The second-order valence-corrected chi connectivity index (χ2v) is 4.18. The number of anilines is 2. The van der Waals surface area contributed by atoms with Crippen molar-refractivity contribution in [1.29, 1.82) is 0 Å². The predicted octanol–water partition coefficient (Wildman–Crippen LogP) is 3.15. The van der Waals surface area contributed by atoms with Gasteiger partial charge < -0.3 is 4.90 Å². The van der Waals surface area contributed by atoms with Crippen molar-refractivity contribution in [3.8, 4) is 0 Å². The molecule has 0 radical (unpaired) electrons. The predicted molar refractivity (Wildman–Crippen MR) is 73.4 cm³/mol. The van der Waals surface area contributed by atoms with E-state index >= 15 is 0 Å². The van der Waals surface area contributed by atoms with Crippen LogP contribution in [-0.2, 0) is 0 Å². The Kier molecular flexibility index (Phi) is 2.72. The normalized spacial score (nSPS) is 13.2. The second-order valence-electron chi connectivity index (χ2n) is 4.18. The minimum Gasteiger partial charge on any atom is -0.316 e. The van der Waals surface area contributed by atoms with E-state index in [-0.39, 0.29) is 5.69 Å². The Morgan fingerprint density at radius 1 is 1.21 bits per heavy atom. The summed E-state index contributed by atoms with van der Waals surface area (Å²) in [5, 5.41) is 11.1. The average molecular weight is 253 g/mol. The molecule has 94 valence electrons. The van der Waals surface area contributed by atoms with E-state index in [0.29, 0.717) is 12.4 Å². The SMILES string of the molecule is O=[N+]([O-])c1cccnc1N1CC=Cc2ccccc21. The zero-order chi connectivity index (χ0) is 13.2. The zero-order valence-electron chi connectivity index (χ0n) is 10.1. The summed E-state index contributed by atoms with van der Waals surface area (Å²) in [6, 6.07) is 10.8. The molecule has 19 heavy (non-hydrogen) atoms. The number of benzene rings is 1. The summed E-state index contributed by atoms with van der Waals surface area (Å²) in [6.07, 6.45) is 5.56. The zero-order valence-corrected chi connectivity index (χ0v) is 10.1. The fourth-order valence-corrected chi connectivity index (χ4v) is 2.20. The number of para-hydroxylation sites is 1. The van der Waals surface area contributed by atoms with Gasteiger partial charge in [0.25, 0.3) is 0 Å². The first kappa shape index (κ1) is 11.4. The van der Waals surface area contributed by atoms with Crippen molar-refractivity contribution in [3.63, 3.8) is 0 Å². The molecule has 5 nitrogen and oxygen atoms in total. The van der Waals surface area contributed by atoms with E-state index in [1.165, 1.54) is 6.07 Å². The van der Waals surface area contributed by atoms with Crippen LogP contribution in [-0.4, -0.2) is 16.5 Å². The lowest BCUT2D eigenvalue weighted by atomic mass is 10.1. The van der Waals surface area contributed by atoms with Crippen LogP contribution in [0.1, 0.15) is 5.56 Å². The van der Waals surface area contributed by atoms with Crippen molar-refractivity contribution in [2.75, 3.05) is 11.4 Å². The molecule has 2 heterocycles. The van der Waals surface area contributed by atoms with E-state index in [4.69, 9.17) is 0 Å². The lowest BCUT2D eigenvalue weighted by molar-refractivity contribution is -0.384. The molecule has 0 amide bonds. The van der Waals surface area contributed by atoms with E-state index in [1.807, 2.05) is 41.3 Å². The highest BCUT2D eigenvalue weighted by atomic mass is 16.6. The van der Waals surface area contributed by atoms with Gasteiger partial charge in [-0.1, -0.05) is 30.4 Å². The molecule has 1 aromatic carbocycles. The Morgan fingerprint density at radius 3 is 2.89 bits per heavy atom. The Bertz CT molecular complexity index is 667. The number of aromatic nitrogens is 1. The summed E-state index contributed by atoms with van der Waals surface area (Å²) >= 11 is 0. The van der Waals surface area contributed by atoms with Crippen LogP contribution in [0, 0.1) is 10.1 Å². The van der Waals surface area contributed by atoms with Gasteiger partial charge in [-0.3, -0.25) is 10.1 Å². The summed E-state index contributed by atoms with van der Waals surface area (Å²) in [5.41, 5.74) is 1.99. The van der Waals surface area contributed by atoms with Gasteiger partial charge in [0.05, 0.1) is 10.6 Å². The monoisotopic (exact) mass is 253 g/mol. The van der Waals surface area contributed by atoms with Crippen molar-refractivity contribution >= 4 is 23.3 Å². The molecular weight excluding hydrogens is 242 g/mol. The number of pyridine rings is 1. The molecule has 0 spiro atoms. The summed E-state index contributed by atoms with van der Waals surface area (Å²) in [6.45, 7) is 0.578. The highest BCUT2D eigenvalue weighted by molar-refractivity contribution is 5.79. The fourth-order valence-electron chi connectivity index (χ4n) is 2.20. The van der Waals surface area contributed by atoms with Gasteiger partial charge in [0, 0.05) is 18.8 Å². The maximum atomic E-state index is 11.1. The summed E-state index contributed by atoms with van der Waals surface area (Å²) in [4.78, 5) is 16.7. The molecule has 2 aromatic rings. The second kappa shape index (κ2) is 4.53. The Hall–Kier alpha value is -2.69. The number of hydrogen-bond donors (Lipinski definition) is 0. The molecule has 0 fully saturated rings. The molecule has 0 saturated carbocycles. The molecule has 1 aliphatic heterocycles. The minimum atomic E-state index is -0.400. The minimum absolute atomic E-state index is 0.0209. The van der Waals surface area contributed by atoms with Crippen LogP contribution in [0.4, 0.5) is 17.2 Å². The van der Waals surface area contributed by atoms with E-state index in [1.54, 1.807) is 12.3 Å². The first-order valence-corrected chi connectivity index (χ1v) is 5.90. The van der Waals surface area contributed by atoms with Crippen LogP contribution >= 0.6 is 0 Å². The van der Waals surface area contributed by atoms with Crippen LogP contribution in [0.2, 0.25) is 0 Å². The van der Waals surface area contributed by atoms with Crippen molar-refractivity contribution < 1.29 is 4.92 Å². The van der Waals surface area contributed by atoms with Crippen molar-refractivity contribution in [1.82, 2.24) is 4.98 Å². The van der Waals surface area contributed by atoms with Crippen LogP contribution in [0.5, 0.6) is 0 Å². The largest absolute Gasteiger partial charge is 0.316 e. The van der Waals surface area contributed by atoms with Crippen molar-refractivity contribution in [2.45, 2.75) is 0 Å². The van der Waals surface area contributed by atoms with Gasteiger partial charge in [0.2, 0.25) is 5.82 Å². The average Bonchev–Trinajstić information content (AvgIpc) is 2.46. The lowest BCUT2D eigenvalue weighted by Gasteiger charge is -2.26. The molecule has 1 aliphatic rings. The van der Waals surface area contributed by atoms with E-state index in [2.05, 4.69) is 4.98 Å². The number of nitrogens with zero attached hydrogens (tertiary/aromatic N) is 3. The Labute approximate surface area is 110 Å². The van der Waals surface area contributed by atoms with E-state index < -0.39 is 4.92 Å². The third-order valence-corrected chi connectivity index (χ3v) is 3.03. The van der Waals surface area contributed by atoms with Gasteiger partial charge in [-0.2, -0.15) is 0 Å². The topological polar surface area (TPSA) is 59.3 Å². The van der Waals surface area contributed by atoms with E-state index in [0.717, 1.165) is 11.3 Å². The quantitative estimate of drug-likeness (QED) is 0.609. The molecule has 0 N–H and O–H groups in total. The Balaban J connectivity index is 2.14. The highest BCUT2D eigenvalue weighted by Gasteiger charge is 2.23.